The fourth-order valence-electron chi connectivity index (χ4n) is 4.80. The highest BCUT2D eigenvalue weighted by Crippen LogP contribution is 2.41. The molecule has 3 rings (SSSR count). The number of pyridine rings is 1. The maximum absolute atomic E-state index is 13.4. The van der Waals surface area contributed by atoms with Crippen molar-refractivity contribution in [2.45, 2.75) is 85.8 Å². The van der Waals surface area contributed by atoms with Crippen molar-refractivity contribution in [1.82, 2.24) is 15.6 Å². The fraction of sp³-hybridized carbons (Fsp3) is 0.594. The second kappa shape index (κ2) is 14.5. The van der Waals surface area contributed by atoms with Gasteiger partial charge >= 0.3 is 18.0 Å². The fourth-order valence-corrected chi connectivity index (χ4v) is 4.80. The van der Waals surface area contributed by atoms with Gasteiger partial charge in [-0.3, -0.25) is 4.79 Å². The topological polar surface area (TPSA) is 142 Å². The molecule has 1 fully saturated rings. The molecular weight excluding hydrogens is 554 g/mol. The number of hydrogen-bond donors (Lipinski definition) is 2. The first-order valence-electron chi connectivity index (χ1n) is 14.9. The highest BCUT2D eigenvalue weighted by Gasteiger charge is 2.32. The molecule has 0 saturated heterocycles. The Morgan fingerprint density at radius 3 is 2.37 bits per heavy atom. The van der Waals surface area contributed by atoms with Gasteiger partial charge in [0.1, 0.15) is 23.1 Å². The summed E-state index contributed by atoms with van der Waals surface area (Å²) in [5, 5.41) is 5.42. The molecule has 2 aliphatic rings. The van der Waals surface area contributed by atoms with Crippen LogP contribution in [0.25, 0.3) is 5.57 Å². The summed E-state index contributed by atoms with van der Waals surface area (Å²) in [6.07, 6.45) is 4.59. The van der Waals surface area contributed by atoms with E-state index in [1.165, 1.54) is 0 Å². The molecule has 236 valence electrons. The minimum atomic E-state index is -1.01. The van der Waals surface area contributed by atoms with Crippen LogP contribution in [0.4, 0.5) is 4.79 Å². The lowest BCUT2D eigenvalue weighted by Crippen LogP contribution is -2.47. The van der Waals surface area contributed by atoms with E-state index in [2.05, 4.69) is 15.6 Å². The molecule has 2 N–H and O–H groups in total. The van der Waals surface area contributed by atoms with E-state index in [1.54, 1.807) is 46.9 Å². The van der Waals surface area contributed by atoms with Crippen LogP contribution in [0.5, 0.6) is 0 Å². The van der Waals surface area contributed by atoms with Crippen LogP contribution in [0.2, 0.25) is 0 Å². The van der Waals surface area contributed by atoms with Crippen LogP contribution in [0.15, 0.2) is 29.5 Å². The minimum absolute atomic E-state index is 0.0223. The SMILES string of the molecule is CC[C@H]1C(c2ccc(C(=O)NCC3CC3)nc2C(=O)OCOC(=O)[C@@H](NC(=O)OC(C)(C)C)[C@@H](C)CC)=CC(OC)=C1C. The Morgan fingerprint density at radius 2 is 1.79 bits per heavy atom. The molecule has 0 aromatic carbocycles. The van der Waals surface area contributed by atoms with Gasteiger partial charge in [-0.05, 0) is 88.1 Å². The molecule has 2 amide bonds. The van der Waals surface area contributed by atoms with Gasteiger partial charge in [0.25, 0.3) is 5.91 Å². The van der Waals surface area contributed by atoms with Gasteiger partial charge in [0.15, 0.2) is 5.69 Å². The van der Waals surface area contributed by atoms with Gasteiger partial charge < -0.3 is 29.6 Å². The van der Waals surface area contributed by atoms with E-state index in [-0.39, 0.29) is 29.1 Å². The van der Waals surface area contributed by atoms with Crippen LogP contribution < -0.4 is 10.6 Å². The number of esters is 2. The molecule has 11 heteroatoms. The van der Waals surface area contributed by atoms with Crippen LogP contribution in [-0.4, -0.2) is 61.0 Å². The Morgan fingerprint density at radius 1 is 1.09 bits per heavy atom. The average molecular weight is 600 g/mol. The number of hydrogen-bond acceptors (Lipinski definition) is 9. The van der Waals surface area contributed by atoms with E-state index < -0.39 is 36.5 Å². The minimum Gasteiger partial charge on any atom is -0.497 e. The Bertz CT molecular complexity index is 1280. The molecular formula is C32H45N3O8. The Hall–Kier alpha value is -3.89. The predicted molar refractivity (Wildman–Crippen MR) is 160 cm³/mol. The smallest absolute Gasteiger partial charge is 0.408 e. The molecule has 0 aliphatic heterocycles. The van der Waals surface area contributed by atoms with Gasteiger partial charge in [-0.25, -0.2) is 19.4 Å². The van der Waals surface area contributed by atoms with Gasteiger partial charge in [-0.1, -0.05) is 27.2 Å². The van der Waals surface area contributed by atoms with Crippen molar-refractivity contribution in [3.8, 4) is 0 Å². The predicted octanol–water partition coefficient (Wildman–Crippen LogP) is 5.16. The number of ether oxygens (including phenoxy) is 4. The number of nitrogens with zero attached hydrogens (tertiary/aromatic N) is 1. The number of methoxy groups -OCH3 is 1. The summed E-state index contributed by atoms with van der Waals surface area (Å²) >= 11 is 0. The van der Waals surface area contributed by atoms with E-state index in [1.807, 2.05) is 26.8 Å². The maximum atomic E-state index is 13.4. The standard InChI is InChI=1S/C32H45N3O8/c1-9-18(3)26(35-31(39)43-32(5,6)7)29(37)41-17-42-30(38)27-22(23-15-25(40-8)19(4)21(23)10-2)13-14-24(34-27)28(36)33-16-20-11-12-20/h13-15,18,20-21,26H,9-12,16-17H2,1-8H3,(H,33,36)(H,35,39)/t18-,21+,26-/m0/s1. The molecule has 0 unspecified atom stereocenters. The largest absolute Gasteiger partial charge is 0.497 e. The second-order valence-electron chi connectivity index (χ2n) is 12.1. The summed E-state index contributed by atoms with van der Waals surface area (Å²) in [5.41, 5.74) is 1.59. The molecule has 3 atom stereocenters. The van der Waals surface area contributed by atoms with E-state index in [9.17, 15) is 19.2 Å². The first-order chi connectivity index (χ1) is 20.3. The Balaban J connectivity index is 1.79. The third-order valence-corrected chi connectivity index (χ3v) is 7.61. The normalized spacial score (nSPS) is 17.9. The van der Waals surface area contributed by atoms with Crippen LogP contribution in [0.1, 0.15) is 101 Å². The molecule has 0 radical (unpaired) electrons. The van der Waals surface area contributed by atoms with Crippen molar-refractivity contribution >= 4 is 29.5 Å². The molecule has 2 aliphatic carbocycles. The molecule has 0 spiro atoms. The number of carbonyl (C=O) groups is 4. The van der Waals surface area contributed by atoms with Crippen molar-refractivity contribution in [2.75, 3.05) is 20.4 Å². The lowest BCUT2D eigenvalue weighted by atomic mass is 9.88. The highest BCUT2D eigenvalue weighted by molar-refractivity contribution is 5.98. The number of carbonyl (C=O) groups excluding carboxylic acids is 4. The van der Waals surface area contributed by atoms with Crippen LogP contribution >= 0.6 is 0 Å². The summed E-state index contributed by atoms with van der Waals surface area (Å²) in [4.78, 5) is 55.9. The zero-order valence-electron chi connectivity index (χ0n) is 26.5. The van der Waals surface area contributed by atoms with E-state index in [4.69, 9.17) is 18.9 Å². The van der Waals surface area contributed by atoms with Gasteiger partial charge in [0, 0.05) is 18.0 Å². The van der Waals surface area contributed by atoms with Gasteiger partial charge in [0.2, 0.25) is 6.79 Å². The molecule has 1 aromatic heterocycles. The third kappa shape index (κ3) is 9.05. The molecule has 11 nitrogen and oxygen atoms in total. The number of rotatable bonds is 13. The number of alkyl carbamates (subject to hydrolysis) is 1. The van der Waals surface area contributed by atoms with E-state index in [0.717, 1.165) is 30.4 Å². The van der Waals surface area contributed by atoms with Crippen molar-refractivity contribution in [2.24, 2.45) is 17.8 Å². The maximum Gasteiger partial charge on any atom is 0.408 e. The number of amides is 2. The van der Waals surface area contributed by atoms with Crippen molar-refractivity contribution in [3.63, 3.8) is 0 Å². The van der Waals surface area contributed by atoms with Crippen molar-refractivity contribution < 1.29 is 38.1 Å². The van der Waals surface area contributed by atoms with E-state index in [0.29, 0.717) is 30.2 Å². The molecule has 1 saturated carbocycles. The van der Waals surface area contributed by atoms with Crippen molar-refractivity contribution in [1.29, 1.82) is 0 Å². The van der Waals surface area contributed by atoms with Gasteiger partial charge in [0.05, 0.1) is 7.11 Å². The first-order valence-corrected chi connectivity index (χ1v) is 14.9. The summed E-state index contributed by atoms with van der Waals surface area (Å²) in [6, 6.07) is 2.26. The first kappa shape index (κ1) is 33.6. The lowest BCUT2D eigenvalue weighted by Gasteiger charge is -2.25. The molecule has 1 heterocycles. The lowest BCUT2D eigenvalue weighted by molar-refractivity contribution is -0.156. The summed E-state index contributed by atoms with van der Waals surface area (Å²) < 4.78 is 21.4. The molecule has 0 bridgehead atoms. The van der Waals surface area contributed by atoms with Gasteiger partial charge in [-0.2, -0.15) is 0 Å². The van der Waals surface area contributed by atoms with Crippen LogP contribution in [-0.2, 0) is 23.7 Å². The van der Waals surface area contributed by atoms with Gasteiger partial charge in [-0.15, -0.1) is 0 Å². The van der Waals surface area contributed by atoms with Crippen LogP contribution in [0.3, 0.4) is 0 Å². The van der Waals surface area contributed by atoms with E-state index >= 15 is 0 Å². The summed E-state index contributed by atoms with van der Waals surface area (Å²) in [5.74, 6) is -1.14. The Labute approximate surface area is 253 Å². The Kier molecular flexibility index (Phi) is 11.4. The number of aromatic nitrogens is 1. The third-order valence-electron chi connectivity index (χ3n) is 7.61. The van der Waals surface area contributed by atoms with Crippen LogP contribution in [0, 0.1) is 17.8 Å². The quantitative estimate of drug-likeness (QED) is 0.232. The number of allylic oxidation sites excluding steroid dienone is 3. The summed E-state index contributed by atoms with van der Waals surface area (Å²) in [6.45, 7) is 12.7. The number of nitrogens with one attached hydrogen (secondary N) is 2. The zero-order chi connectivity index (χ0) is 31.9. The zero-order valence-corrected chi connectivity index (χ0v) is 26.5. The second-order valence-corrected chi connectivity index (χ2v) is 12.1. The monoisotopic (exact) mass is 599 g/mol. The highest BCUT2D eigenvalue weighted by atomic mass is 16.7. The molecule has 1 aromatic rings. The molecule has 43 heavy (non-hydrogen) atoms. The van der Waals surface area contributed by atoms with Crippen molar-refractivity contribution in [3.05, 3.63) is 46.5 Å². The average Bonchev–Trinajstić information content (AvgIpc) is 3.73. The summed E-state index contributed by atoms with van der Waals surface area (Å²) in [7, 11) is 1.59.